The first-order valence-electron chi connectivity index (χ1n) is 4.00. The Morgan fingerprint density at radius 2 is 2.08 bits per heavy atom. The van der Waals surface area contributed by atoms with Gasteiger partial charge in [0.15, 0.2) is 0 Å². The van der Waals surface area contributed by atoms with Gasteiger partial charge >= 0.3 is 11.9 Å². The average Bonchev–Trinajstić information content (AvgIpc) is 2.82. The number of carbonyl (C=O) groups is 2. The van der Waals surface area contributed by atoms with Crippen LogP contribution in [0.1, 0.15) is 13.3 Å². The summed E-state index contributed by atoms with van der Waals surface area (Å²) in [5, 5.41) is 0. The first-order valence-corrected chi connectivity index (χ1v) is 4.00. The van der Waals surface area contributed by atoms with E-state index in [4.69, 9.17) is 4.74 Å². The molecule has 1 aliphatic carbocycles. The van der Waals surface area contributed by atoms with E-state index < -0.39 is 5.97 Å². The van der Waals surface area contributed by atoms with E-state index >= 15 is 0 Å². The molecule has 0 amide bonds. The molecule has 4 nitrogen and oxygen atoms in total. The van der Waals surface area contributed by atoms with Crippen LogP contribution >= 0.6 is 0 Å². The Balaban J connectivity index is 2.32. The molecule has 0 heterocycles. The monoisotopic (exact) mass is 184 g/mol. The lowest BCUT2D eigenvalue weighted by molar-refractivity contribution is -0.146. The predicted octanol–water partition coefficient (Wildman–Crippen LogP) is 0.667. The summed E-state index contributed by atoms with van der Waals surface area (Å²) in [5.41, 5.74) is 0.343. The van der Waals surface area contributed by atoms with Crippen LogP contribution in [0.3, 0.4) is 0 Å². The maximum absolute atomic E-state index is 11.0. The molecule has 0 radical (unpaired) electrons. The van der Waals surface area contributed by atoms with E-state index in [0.29, 0.717) is 12.0 Å². The summed E-state index contributed by atoms with van der Waals surface area (Å²) < 4.78 is 9.41. The third-order valence-electron chi connectivity index (χ3n) is 1.84. The van der Waals surface area contributed by atoms with Gasteiger partial charge in [-0.3, -0.25) is 4.79 Å². The smallest absolute Gasteiger partial charge is 0.333 e. The topological polar surface area (TPSA) is 52.6 Å². The molecule has 13 heavy (non-hydrogen) atoms. The molecule has 0 aromatic heterocycles. The molecule has 0 aliphatic heterocycles. The first-order chi connectivity index (χ1) is 6.06. The Labute approximate surface area is 76.5 Å². The normalized spacial score (nSPS) is 24.8. The van der Waals surface area contributed by atoms with E-state index in [9.17, 15) is 9.59 Å². The Morgan fingerprint density at radius 3 is 2.54 bits per heavy atom. The van der Waals surface area contributed by atoms with E-state index in [1.807, 2.05) is 0 Å². The summed E-state index contributed by atoms with van der Waals surface area (Å²) in [7, 11) is 1.32. The number of methoxy groups -OCH3 is 1. The zero-order valence-corrected chi connectivity index (χ0v) is 7.70. The second-order valence-corrected chi connectivity index (χ2v) is 3.09. The number of hydrogen-bond donors (Lipinski definition) is 0. The molecular weight excluding hydrogens is 172 g/mol. The zero-order chi connectivity index (χ0) is 10.0. The summed E-state index contributed by atoms with van der Waals surface area (Å²) in [4.78, 5) is 21.9. The molecule has 2 atom stereocenters. The molecule has 0 spiro atoms. The molecule has 1 fully saturated rings. The molecule has 2 unspecified atom stereocenters. The summed E-state index contributed by atoms with van der Waals surface area (Å²) in [5.74, 6) is -1.04. The highest BCUT2D eigenvalue weighted by molar-refractivity contribution is 5.88. The molecule has 1 aliphatic rings. The fraction of sp³-hybridized carbons (Fsp3) is 0.556. The maximum atomic E-state index is 11.0. The molecule has 4 heteroatoms. The van der Waals surface area contributed by atoms with Crippen molar-refractivity contribution in [1.82, 2.24) is 0 Å². The van der Waals surface area contributed by atoms with Crippen LogP contribution < -0.4 is 0 Å². The largest absolute Gasteiger partial charge is 0.469 e. The molecule has 0 N–H and O–H groups in total. The summed E-state index contributed by atoms with van der Waals surface area (Å²) in [6, 6.07) is 0. The van der Waals surface area contributed by atoms with Crippen LogP contribution in [0, 0.1) is 5.92 Å². The predicted molar refractivity (Wildman–Crippen MR) is 44.8 cm³/mol. The van der Waals surface area contributed by atoms with Crippen molar-refractivity contribution in [2.45, 2.75) is 19.4 Å². The Bertz CT molecular complexity index is 256. The van der Waals surface area contributed by atoms with Gasteiger partial charge in [0, 0.05) is 12.0 Å². The average molecular weight is 184 g/mol. The van der Waals surface area contributed by atoms with Gasteiger partial charge in [-0.1, -0.05) is 6.58 Å². The molecule has 72 valence electrons. The lowest BCUT2D eigenvalue weighted by atomic mass is 10.4. The number of ether oxygens (including phenoxy) is 2. The van der Waals surface area contributed by atoms with Gasteiger partial charge in [0.25, 0.3) is 0 Å². The molecule has 0 bridgehead atoms. The van der Waals surface area contributed by atoms with Crippen LogP contribution in [-0.4, -0.2) is 25.2 Å². The summed E-state index contributed by atoms with van der Waals surface area (Å²) in [6.45, 7) is 5.00. The van der Waals surface area contributed by atoms with Crippen molar-refractivity contribution in [2.75, 3.05) is 7.11 Å². The Morgan fingerprint density at radius 1 is 1.46 bits per heavy atom. The highest BCUT2D eigenvalue weighted by Crippen LogP contribution is 2.35. The lowest BCUT2D eigenvalue weighted by Crippen LogP contribution is -2.12. The zero-order valence-electron chi connectivity index (χ0n) is 7.70. The van der Waals surface area contributed by atoms with Crippen molar-refractivity contribution >= 4 is 11.9 Å². The third kappa shape index (κ3) is 2.31. The SMILES string of the molecule is C=C(C)C(=O)OC1CC1C(=O)OC. The van der Waals surface area contributed by atoms with E-state index in [1.54, 1.807) is 6.92 Å². The fourth-order valence-electron chi connectivity index (χ4n) is 0.939. The van der Waals surface area contributed by atoms with Gasteiger partial charge in [-0.05, 0) is 6.92 Å². The molecule has 0 saturated heterocycles. The molecular formula is C9H12O4. The first kappa shape index (κ1) is 9.77. The van der Waals surface area contributed by atoms with Crippen molar-refractivity contribution in [3.63, 3.8) is 0 Å². The van der Waals surface area contributed by atoms with Gasteiger partial charge in [0.05, 0.1) is 13.0 Å². The number of hydrogen-bond acceptors (Lipinski definition) is 4. The molecule has 1 saturated carbocycles. The molecule has 0 aromatic rings. The van der Waals surface area contributed by atoms with E-state index in [0.717, 1.165) is 0 Å². The Hall–Kier alpha value is -1.32. The Kier molecular flexibility index (Phi) is 2.70. The van der Waals surface area contributed by atoms with Gasteiger partial charge in [0.1, 0.15) is 6.10 Å². The van der Waals surface area contributed by atoms with Crippen molar-refractivity contribution in [2.24, 2.45) is 5.92 Å². The van der Waals surface area contributed by atoms with Gasteiger partial charge in [-0.2, -0.15) is 0 Å². The van der Waals surface area contributed by atoms with Crippen LogP contribution in [0.15, 0.2) is 12.2 Å². The second kappa shape index (κ2) is 3.60. The van der Waals surface area contributed by atoms with Gasteiger partial charge < -0.3 is 9.47 Å². The van der Waals surface area contributed by atoms with Crippen molar-refractivity contribution in [3.8, 4) is 0 Å². The van der Waals surface area contributed by atoms with Gasteiger partial charge in [-0.15, -0.1) is 0 Å². The summed E-state index contributed by atoms with van der Waals surface area (Å²) >= 11 is 0. The highest BCUT2D eigenvalue weighted by Gasteiger charge is 2.47. The van der Waals surface area contributed by atoms with Crippen LogP contribution in [0.5, 0.6) is 0 Å². The lowest BCUT2D eigenvalue weighted by Gasteiger charge is -2.02. The number of carbonyl (C=O) groups excluding carboxylic acids is 2. The van der Waals surface area contributed by atoms with Gasteiger partial charge in [0.2, 0.25) is 0 Å². The van der Waals surface area contributed by atoms with Gasteiger partial charge in [-0.25, -0.2) is 4.79 Å². The van der Waals surface area contributed by atoms with Crippen molar-refractivity contribution < 1.29 is 19.1 Å². The highest BCUT2D eigenvalue weighted by atomic mass is 16.6. The maximum Gasteiger partial charge on any atom is 0.333 e. The van der Waals surface area contributed by atoms with Crippen LogP contribution in [-0.2, 0) is 19.1 Å². The standard InChI is InChI=1S/C9H12O4/c1-5(2)8(10)13-7-4-6(7)9(11)12-3/h6-7H,1,4H2,2-3H3. The minimum atomic E-state index is -0.448. The number of rotatable bonds is 3. The van der Waals surface area contributed by atoms with Crippen molar-refractivity contribution in [3.05, 3.63) is 12.2 Å². The second-order valence-electron chi connectivity index (χ2n) is 3.09. The minimum Gasteiger partial charge on any atom is -0.469 e. The van der Waals surface area contributed by atoms with Crippen LogP contribution in [0.25, 0.3) is 0 Å². The fourth-order valence-corrected chi connectivity index (χ4v) is 0.939. The minimum absolute atomic E-state index is 0.270. The third-order valence-corrected chi connectivity index (χ3v) is 1.84. The van der Waals surface area contributed by atoms with Crippen molar-refractivity contribution in [1.29, 1.82) is 0 Å². The van der Waals surface area contributed by atoms with Crippen LogP contribution in [0.4, 0.5) is 0 Å². The molecule has 0 aromatic carbocycles. The number of esters is 2. The van der Waals surface area contributed by atoms with Crippen LogP contribution in [0.2, 0.25) is 0 Å². The summed E-state index contributed by atoms with van der Waals surface area (Å²) in [6.07, 6.45) is 0.253. The quantitative estimate of drug-likeness (QED) is 0.477. The van der Waals surface area contributed by atoms with E-state index in [-0.39, 0.29) is 18.0 Å². The molecule has 1 rings (SSSR count). The van der Waals surface area contributed by atoms with E-state index in [1.165, 1.54) is 7.11 Å². The van der Waals surface area contributed by atoms with E-state index in [2.05, 4.69) is 11.3 Å².